The van der Waals surface area contributed by atoms with Gasteiger partial charge in [-0.25, -0.2) is 9.61 Å². The summed E-state index contributed by atoms with van der Waals surface area (Å²) in [5.41, 5.74) is 2.06. The molecule has 0 saturated heterocycles. The van der Waals surface area contributed by atoms with Gasteiger partial charge < -0.3 is 0 Å². The molecule has 0 spiro atoms. The number of fused-ring (bicyclic) bond motifs is 3. The third-order valence-corrected chi connectivity index (χ3v) is 7.55. The number of thiophene rings is 1. The minimum atomic E-state index is -4.43. The molecule has 0 bridgehead atoms. The van der Waals surface area contributed by atoms with E-state index < -0.39 is 11.7 Å². The third-order valence-electron chi connectivity index (χ3n) is 6.39. The fourth-order valence-electron chi connectivity index (χ4n) is 4.47. The van der Waals surface area contributed by atoms with Crippen LogP contribution in [0.1, 0.15) is 39.4 Å². The van der Waals surface area contributed by atoms with Crippen LogP contribution in [0.4, 0.5) is 13.2 Å². The van der Waals surface area contributed by atoms with Crippen molar-refractivity contribution in [2.75, 3.05) is 7.05 Å². The molecule has 0 unspecified atom stereocenters. The molecule has 0 fully saturated rings. The van der Waals surface area contributed by atoms with Gasteiger partial charge in [0.2, 0.25) is 0 Å². The van der Waals surface area contributed by atoms with Crippen molar-refractivity contribution < 1.29 is 17.8 Å². The fraction of sp³-hybridized carbons (Fsp3) is 0.391. The fourth-order valence-corrected chi connectivity index (χ4v) is 5.72. The van der Waals surface area contributed by atoms with E-state index in [-0.39, 0.29) is 18.1 Å². The summed E-state index contributed by atoms with van der Waals surface area (Å²) in [5.74, 6) is 0. The molecule has 0 saturated carbocycles. The van der Waals surface area contributed by atoms with Gasteiger partial charge in [0.25, 0.3) is 5.56 Å². The van der Waals surface area contributed by atoms with Gasteiger partial charge in [0, 0.05) is 17.5 Å². The lowest BCUT2D eigenvalue weighted by Gasteiger charge is -2.30. The Morgan fingerprint density at radius 2 is 2.12 bits per heavy atom. The van der Waals surface area contributed by atoms with Crippen molar-refractivity contribution in [1.82, 2.24) is 24.8 Å². The molecule has 7 nitrogen and oxygen atoms in total. The van der Waals surface area contributed by atoms with Crippen LogP contribution >= 0.6 is 11.3 Å². The van der Waals surface area contributed by atoms with Gasteiger partial charge in [-0.15, -0.1) is 11.3 Å². The van der Waals surface area contributed by atoms with Crippen molar-refractivity contribution in [2.45, 2.75) is 51.5 Å². The molecule has 3 aromatic heterocycles. The Bertz CT molecular complexity index is 1410. The maximum atomic E-state index is 13.3. The lowest BCUT2D eigenvalue weighted by molar-refractivity contribution is -0.137. The van der Waals surface area contributed by atoms with Crippen molar-refractivity contribution in [3.05, 3.63) is 73.9 Å². The topological polar surface area (TPSA) is 77.1 Å². The summed E-state index contributed by atoms with van der Waals surface area (Å²) in [4.78, 5) is 21.8. The number of aryl methyl sites for hydroxylation is 2. The first-order chi connectivity index (χ1) is 16.2. The minimum absolute atomic E-state index is 0.0345. The van der Waals surface area contributed by atoms with Gasteiger partial charge in [-0.3, -0.25) is 14.3 Å². The van der Waals surface area contributed by atoms with Crippen LogP contribution in [0.15, 0.2) is 40.0 Å². The van der Waals surface area contributed by atoms with Crippen molar-refractivity contribution in [3.8, 4) is 0 Å². The molecule has 34 heavy (non-hydrogen) atoms. The first kappa shape index (κ1) is 22.7. The standard InChI is InChI=1S/C23H22F3N5O2S/c1-13-18(29-33-28-13)11-30(2)16-6-7-17-19(9-16)34-21-20(17)22(32)31(12-27-21)10-14-4-3-5-15(8-14)23(24,25)26/h3-5,8,12,16H,6-7,9-11H2,1-2H3/t16-/m0/s1. The Morgan fingerprint density at radius 3 is 2.85 bits per heavy atom. The molecule has 1 aliphatic rings. The molecular weight excluding hydrogens is 467 g/mol. The highest BCUT2D eigenvalue weighted by atomic mass is 32.1. The number of nitrogens with zero attached hydrogens (tertiary/aromatic N) is 5. The van der Waals surface area contributed by atoms with Crippen LogP contribution in [0.2, 0.25) is 0 Å². The largest absolute Gasteiger partial charge is 0.416 e. The van der Waals surface area contributed by atoms with Crippen LogP contribution in [0.25, 0.3) is 10.2 Å². The van der Waals surface area contributed by atoms with Gasteiger partial charge in [-0.1, -0.05) is 22.4 Å². The van der Waals surface area contributed by atoms with Crippen molar-refractivity contribution in [3.63, 3.8) is 0 Å². The summed E-state index contributed by atoms with van der Waals surface area (Å²) in [7, 11) is 2.04. The summed E-state index contributed by atoms with van der Waals surface area (Å²) in [6.45, 7) is 2.52. The monoisotopic (exact) mass is 489 g/mol. The molecule has 0 amide bonds. The van der Waals surface area contributed by atoms with Gasteiger partial charge in [-0.05, 0) is 56.5 Å². The second-order valence-electron chi connectivity index (χ2n) is 8.67. The van der Waals surface area contributed by atoms with Crippen LogP contribution < -0.4 is 5.56 Å². The molecule has 5 rings (SSSR count). The summed E-state index contributed by atoms with van der Waals surface area (Å²) in [6, 6.07) is 5.32. The van der Waals surface area contributed by atoms with Gasteiger partial charge in [0.15, 0.2) is 0 Å². The molecule has 1 atom stereocenters. The van der Waals surface area contributed by atoms with Crippen molar-refractivity contribution in [1.29, 1.82) is 0 Å². The van der Waals surface area contributed by atoms with Crippen LogP contribution in [-0.4, -0.2) is 37.9 Å². The minimum Gasteiger partial charge on any atom is -0.297 e. The first-order valence-corrected chi connectivity index (χ1v) is 11.7. The lowest BCUT2D eigenvalue weighted by Crippen LogP contribution is -2.36. The number of benzene rings is 1. The smallest absolute Gasteiger partial charge is 0.297 e. The number of hydrogen-bond acceptors (Lipinski definition) is 7. The van der Waals surface area contributed by atoms with Gasteiger partial charge >= 0.3 is 6.18 Å². The summed E-state index contributed by atoms with van der Waals surface area (Å²) in [5, 5.41) is 8.38. The number of aromatic nitrogens is 4. The van der Waals surface area contributed by atoms with Crippen LogP contribution in [0, 0.1) is 6.92 Å². The molecule has 1 aromatic carbocycles. The van der Waals surface area contributed by atoms with E-state index in [4.69, 9.17) is 4.63 Å². The highest BCUT2D eigenvalue weighted by molar-refractivity contribution is 7.18. The average Bonchev–Trinajstić information content (AvgIpc) is 3.38. The quantitative estimate of drug-likeness (QED) is 0.418. The van der Waals surface area contributed by atoms with Crippen molar-refractivity contribution >= 4 is 21.6 Å². The molecule has 0 radical (unpaired) electrons. The Morgan fingerprint density at radius 1 is 1.29 bits per heavy atom. The van der Waals surface area contributed by atoms with E-state index in [9.17, 15) is 18.0 Å². The lowest BCUT2D eigenvalue weighted by atomic mass is 9.92. The third kappa shape index (κ3) is 4.25. The SMILES string of the molecule is Cc1nonc1CN(C)[C@H]1CCc2c(sc3ncn(Cc4cccc(C(F)(F)F)c4)c(=O)c23)C1. The zero-order valence-corrected chi connectivity index (χ0v) is 19.4. The zero-order valence-electron chi connectivity index (χ0n) is 18.6. The zero-order chi connectivity index (χ0) is 24.0. The highest BCUT2D eigenvalue weighted by Gasteiger charge is 2.31. The Kier molecular flexibility index (Phi) is 5.76. The Balaban J connectivity index is 1.40. The van der Waals surface area contributed by atoms with Gasteiger partial charge in [-0.2, -0.15) is 13.2 Å². The van der Waals surface area contributed by atoms with E-state index >= 15 is 0 Å². The number of hydrogen-bond donors (Lipinski definition) is 0. The second-order valence-corrected chi connectivity index (χ2v) is 9.75. The highest BCUT2D eigenvalue weighted by Crippen LogP contribution is 2.35. The van der Waals surface area contributed by atoms with Crippen LogP contribution in [-0.2, 0) is 32.1 Å². The molecule has 11 heteroatoms. The van der Waals surface area contributed by atoms with E-state index in [1.54, 1.807) is 6.07 Å². The number of halogens is 3. The molecule has 1 aliphatic carbocycles. The van der Waals surface area contributed by atoms with Gasteiger partial charge in [0.05, 0.1) is 23.8 Å². The summed E-state index contributed by atoms with van der Waals surface area (Å²) >= 11 is 1.52. The Hall–Kier alpha value is -3.05. The normalized spacial score (nSPS) is 16.4. The summed E-state index contributed by atoms with van der Waals surface area (Å²) < 4.78 is 45.4. The number of rotatable bonds is 5. The molecule has 0 N–H and O–H groups in total. The predicted octanol–water partition coefficient (Wildman–Crippen LogP) is 4.21. The van der Waals surface area contributed by atoms with E-state index in [2.05, 4.69) is 20.2 Å². The van der Waals surface area contributed by atoms with Crippen LogP contribution in [0.5, 0.6) is 0 Å². The maximum absolute atomic E-state index is 13.3. The molecule has 178 valence electrons. The van der Waals surface area contributed by atoms with E-state index in [0.717, 1.165) is 53.2 Å². The molecule has 3 heterocycles. The second kappa shape index (κ2) is 8.62. The van der Waals surface area contributed by atoms with Crippen LogP contribution in [0.3, 0.4) is 0 Å². The average molecular weight is 490 g/mol. The van der Waals surface area contributed by atoms with Gasteiger partial charge in [0.1, 0.15) is 16.2 Å². The molecule has 0 aliphatic heterocycles. The number of alkyl halides is 3. The van der Waals surface area contributed by atoms with E-state index in [1.165, 1.54) is 28.3 Å². The predicted molar refractivity (Wildman–Crippen MR) is 121 cm³/mol. The Labute approximate surface area is 196 Å². The molecular formula is C23H22F3N5O2S. The van der Waals surface area contributed by atoms with E-state index in [1.807, 2.05) is 14.0 Å². The summed E-state index contributed by atoms with van der Waals surface area (Å²) in [6.07, 6.45) is -0.588. The molecule has 4 aromatic rings. The first-order valence-electron chi connectivity index (χ1n) is 10.8. The van der Waals surface area contributed by atoms with E-state index in [0.29, 0.717) is 22.3 Å². The number of likely N-dealkylation sites (N-methyl/N-ethyl adjacent to an activating group) is 1. The maximum Gasteiger partial charge on any atom is 0.416 e. The van der Waals surface area contributed by atoms with Crippen molar-refractivity contribution in [2.24, 2.45) is 0 Å².